The van der Waals surface area contributed by atoms with E-state index in [1.54, 1.807) is 4.90 Å². The maximum atomic E-state index is 12.5. The maximum absolute atomic E-state index is 12.5. The second-order valence-corrected chi connectivity index (χ2v) is 7.10. The van der Waals surface area contributed by atoms with Crippen LogP contribution in [-0.4, -0.2) is 53.1 Å². The van der Waals surface area contributed by atoms with Crippen LogP contribution in [0, 0.1) is 11.3 Å². The number of likely N-dealkylation sites (tertiary alicyclic amines) is 2. The van der Waals surface area contributed by atoms with Gasteiger partial charge in [-0.3, -0.25) is 4.79 Å². The number of aliphatic carboxylic acids is 1. The Morgan fingerprint density at radius 2 is 1.57 bits per heavy atom. The van der Waals surface area contributed by atoms with Crippen LogP contribution in [-0.2, 0) is 4.79 Å². The van der Waals surface area contributed by atoms with E-state index in [0.717, 1.165) is 25.9 Å². The number of carboxylic acids is 1. The SMILES string of the molecule is O=C(O)C1CCN(C(=O)N2CCC3(CCCCC3)CC2)C1. The molecule has 3 fully saturated rings. The normalized spacial score (nSPS) is 28.9. The van der Waals surface area contributed by atoms with Gasteiger partial charge in [0.05, 0.1) is 5.92 Å². The minimum Gasteiger partial charge on any atom is -0.481 e. The van der Waals surface area contributed by atoms with Gasteiger partial charge in [-0.1, -0.05) is 19.3 Å². The van der Waals surface area contributed by atoms with Crippen molar-refractivity contribution < 1.29 is 14.7 Å². The number of carboxylic acid groups (broad SMARTS) is 1. The van der Waals surface area contributed by atoms with Gasteiger partial charge < -0.3 is 14.9 Å². The highest BCUT2D eigenvalue weighted by Crippen LogP contribution is 2.44. The molecule has 1 aliphatic carbocycles. The summed E-state index contributed by atoms with van der Waals surface area (Å²) in [6.07, 6.45) is 9.60. The van der Waals surface area contributed by atoms with E-state index < -0.39 is 5.97 Å². The van der Waals surface area contributed by atoms with Gasteiger partial charge in [0.1, 0.15) is 0 Å². The monoisotopic (exact) mass is 294 g/mol. The molecule has 1 spiro atoms. The van der Waals surface area contributed by atoms with Gasteiger partial charge in [-0.15, -0.1) is 0 Å². The van der Waals surface area contributed by atoms with Crippen molar-refractivity contribution >= 4 is 12.0 Å². The summed E-state index contributed by atoms with van der Waals surface area (Å²) >= 11 is 0. The molecule has 0 aromatic rings. The van der Waals surface area contributed by atoms with E-state index in [-0.39, 0.29) is 11.9 Å². The highest BCUT2D eigenvalue weighted by Gasteiger charge is 2.39. The molecule has 118 valence electrons. The molecular weight excluding hydrogens is 268 g/mol. The molecule has 0 radical (unpaired) electrons. The van der Waals surface area contributed by atoms with Gasteiger partial charge in [-0.2, -0.15) is 0 Å². The van der Waals surface area contributed by atoms with Crippen molar-refractivity contribution in [2.75, 3.05) is 26.2 Å². The summed E-state index contributed by atoms with van der Waals surface area (Å²) in [4.78, 5) is 27.2. The predicted octanol–water partition coefficient (Wildman–Crippen LogP) is 2.56. The van der Waals surface area contributed by atoms with E-state index in [2.05, 4.69) is 0 Å². The van der Waals surface area contributed by atoms with Gasteiger partial charge in [0.15, 0.2) is 0 Å². The molecule has 0 aromatic carbocycles. The first-order valence-corrected chi connectivity index (χ1v) is 8.36. The van der Waals surface area contributed by atoms with Crippen molar-refractivity contribution in [3.05, 3.63) is 0 Å². The van der Waals surface area contributed by atoms with Crippen molar-refractivity contribution in [1.29, 1.82) is 0 Å². The summed E-state index contributed by atoms with van der Waals surface area (Å²) in [5.74, 6) is -1.14. The molecule has 3 rings (SSSR count). The Kier molecular flexibility index (Phi) is 4.09. The average Bonchev–Trinajstić information content (AvgIpc) is 2.98. The summed E-state index contributed by atoms with van der Waals surface area (Å²) < 4.78 is 0. The number of urea groups is 1. The van der Waals surface area contributed by atoms with Gasteiger partial charge >= 0.3 is 12.0 Å². The van der Waals surface area contributed by atoms with E-state index in [0.29, 0.717) is 24.9 Å². The molecule has 5 heteroatoms. The number of carbonyl (C=O) groups excluding carboxylic acids is 1. The Hall–Kier alpha value is -1.26. The Morgan fingerprint density at radius 1 is 0.905 bits per heavy atom. The third-order valence-corrected chi connectivity index (χ3v) is 5.82. The van der Waals surface area contributed by atoms with Crippen LogP contribution in [0.4, 0.5) is 4.79 Å². The largest absolute Gasteiger partial charge is 0.481 e. The van der Waals surface area contributed by atoms with Crippen LogP contribution in [0.1, 0.15) is 51.4 Å². The molecule has 1 saturated carbocycles. The van der Waals surface area contributed by atoms with E-state index in [1.165, 1.54) is 32.1 Å². The van der Waals surface area contributed by atoms with Crippen LogP contribution in [0.3, 0.4) is 0 Å². The number of rotatable bonds is 1. The molecule has 0 bridgehead atoms. The molecule has 0 aromatic heterocycles. The van der Waals surface area contributed by atoms with E-state index in [4.69, 9.17) is 5.11 Å². The minimum atomic E-state index is -0.773. The zero-order chi connectivity index (χ0) is 14.9. The van der Waals surface area contributed by atoms with Gasteiger partial charge in [0.2, 0.25) is 0 Å². The summed E-state index contributed by atoms with van der Waals surface area (Å²) in [6, 6.07) is 0.0596. The van der Waals surface area contributed by atoms with Gasteiger partial charge in [0, 0.05) is 26.2 Å². The molecule has 2 saturated heterocycles. The van der Waals surface area contributed by atoms with E-state index in [1.807, 2.05) is 4.90 Å². The van der Waals surface area contributed by atoms with Crippen LogP contribution in [0.2, 0.25) is 0 Å². The Balaban J connectivity index is 1.52. The van der Waals surface area contributed by atoms with Crippen LogP contribution >= 0.6 is 0 Å². The highest BCUT2D eigenvalue weighted by atomic mass is 16.4. The van der Waals surface area contributed by atoms with E-state index >= 15 is 0 Å². The fraction of sp³-hybridized carbons (Fsp3) is 0.875. The second-order valence-electron chi connectivity index (χ2n) is 7.10. The van der Waals surface area contributed by atoms with Crippen molar-refractivity contribution in [2.45, 2.75) is 51.4 Å². The number of nitrogens with zero attached hydrogens (tertiary/aromatic N) is 2. The summed E-state index contributed by atoms with van der Waals surface area (Å²) in [5.41, 5.74) is 0.504. The molecule has 2 amide bonds. The summed E-state index contributed by atoms with van der Waals surface area (Å²) in [7, 11) is 0. The molecular formula is C16H26N2O3. The molecule has 1 atom stereocenters. The lowest BCUT2D eigenvalue weighted by atomic mass is 9.68. The summed E-state index contributed by atoms with van der Waals surface area (Å²) in [6.45, 7) is 2.69. The number of piperidine rings is 1. The zero-order valence-corrected chi connectivity index (χ0v) is 12.7. The van der Waals surface area contributed by atoms with Crippen LogP contribution in [0.25, 0.3) is 0 Å². The molecule has 5 nitrogen and oxygen atoms in total. The zero-order valence-electron chi connectivity index (χ0n) is 12.7. The van der Waals surface area contributed by atoms with Gasteiger partial charge in [-0.05, 0) is 37.5 Å². The minimum absolute atomic E-state index is 0.0596. The highest BCUT2D eigenvalue weighted by molar-refractivity contribution is 5.77. The van der Waals surface area contributed by atoms with Crippen molar-refractivity contribution in [3.8, 4) is 0 Å². The van der Waals surface area contributed by atoms with Gasteiger partial charge in [0.25, 0.3) is 0 Å². The molecule has 3 aliphatic rings. The summed E-state index contributed by atoms with van der Waals surface area (Å²) in [5, 5.41) is 9.04. The Morgan fingerprint density at radius 3 is 2.14 bits per heavy atom. The fourth-order valence-electron chi connectivity index (χ4n) is 4.31. The number of hydrogen-bond donors (Lipinski definition) is 1. The molecule has 1 unspecified atom stereocenters. The van der Waals surface area contributed by atoms with E-state index in [9.17, 15) is 9.59 Å². The smallest absolute Gasteiger partial charge is 0.320 e. The first-order valence-electron chi connectivity index (χ1n) is 8.36. The van der Waals surface area contributed by atoms with Crippen molar-refractivity contribution in [3.63, 3.8) is 0 Å². The lowest BCUT2D eigenvalue weighted by Gasteiger charge is -2.45. The van der Waals surface area contributed by atoms with Crippen LogP contribution in [0.15, 0.2) is 0 Å². The quantitative estimate of drug-likeness (QED) is 0.808. The number of carbonyl (C=O) groups is 2. The fourth-order valence-corrected chi connectivity index (χ4v) is 4.31. The third kappa shape index (κ3) is 3.01. The van der Waals surface area contributed by atoms with Crippen LogP contribution in [0.5, 0.6) is 0 Å². The Bertz CT molecular complexity index is 408. The first kappa shape index (κ1) is 14.7. The third-order valence-electron chi connectivity index (χ3n) is 5.82. The van der Waals surface area contributed by atoms with Crippen molar-refractivity contribution in [1.82, 2.24) is 9.80 Å². The lowest BCUT2D eigenvalue weighted by Crippen LogP contribution is -2.48. The molecule has 2 heterocycles. The average molecular weight is 294 g/mol. The number of hydrogen-bond acceptors (Lipinski definition) is 2. The molecule has 2 aliphatic heterocycles. The van der Waals surface area contributed by atoms with Crippen molar-refractivity contribution in [2.24, 2.45) is 11.3 Å². The topological polar surface area (TPSA) is 60.9 Å². The molecule has 21 heavy (non-hydrogen) atoms. The molecule has 1 N–H and O–H groups in total. The first-order chi connectivity index (χ1) is 10.1. The Labute approximate surface area is 126 Å². The van der Waals surface area contributed by atoms with Crippen LogP contribution < -0.4 is 0 Å². The van der Waals surface area contributed by atoms with Gasteiger partial charge in [-0.25, -0.2) is 4.79 Å². The standard InChI is InChI=1S/C16H26N2O3/c19-14(20)13-4-9-18(12-13)15(21)17-10-7-16(8-11-17)5-2-1-3-6-16/h13H,1-12H2,(H,19,20). The second kappa shape index (κ2) is 5.85. The predicted molar refractivity (Wildman–Crippen MR) is 79.0 cm³/mol. The maximum Gasteiger partial charge on any atom is 0.320 e. The lowest BCUT2D eigenvalue weighted by molar-refractivity contribution is -0.141. The number of amides is 2.